The monoisotopic (exact) mass is 1000 g/mol. The van der Waals surface area contributed by atoms with Crippen LogP contribution in [0.25, 0.3) is 22.3 Å². The zero-order valence-electron chi connectivity index (χ0n) is 39.8. The number of nitro groups is 1. The topological polar surface area (TPSA) is 240 Å². The predicted molar refractivity (Wildman–Crippen MR) is 274 cm³/mol. The van der Waals surface area contributed by atoms with Crippen molar-refractivity contribution in [3.63, 3.8) is 0 Å². The van der Waals surface area contributed by atoms with Gasteiger partial charge in [-0.25, -0.2) is 36.2 Å². The Morgan fingerprint density at radius 2 is 0.903 bits per heavy atom. The second kappa shape index (κ2) is 21.5. The zero-order valence-corrected chi connectivity index (χ0v) is 41.5. The molecule has 8 rings (SSSR count). The molecule has 6 aromatic carbocycles. The van der Waals surface area contributed by atoms with Crippen LogP contribution in [0.5, 0.6) is 23.3 Å². The minimum atomic E-state index is -4.44. The number of pyridine rings is 2. The van der Waals surface area contributed by atoms with Gasteiger partial charge in [-0.2, -0.15) is 0 Å². The summed E-state index contributed by atoms with van der Waals surface area (Å²) in [6, 6.07) is 39.5. The molecule has 366 valence electrons. The Kier molecular flexibility index (Phi) is 15.3. The summed E-state index contributed by atoms with van der Waals surface area (Å²) in [5.74, 6) is -0.879. The molecule has 18 heteroatoms. The van der Waals surface area contributed by atoms with Crippen molar-refractivity contribution in [3.05, 3.63) is 213 Å². The Balaban J connectivity index is 0.000000212. The van der Waals surface area contributed by atoms with E-state index in [1.54, 1.807) is 18.3 Å². The molecular formula is C54H48N6O10S2. The number of sulfonamides is 2. The first-order valence-corrected chi connectivity index (χ1v) is 25.0. The molecule has 0 saturated carbocycles. The molecule has 2 aromatic heterocycles. The summed E-state index contributed by atoms with van der Waals surface area (Å²) in [6.07, 6.45) is 3.13. The number of aromatic nitrogens is 2. The lowest BCUT2D eigenvalue weighted by atomic mass is 10.1. The van der Waals surface area contributed by atoms with Crippen molar-refractivity contribution >= 4 is 43.2 Å². The number of nitrogens with one attached hydrogen (secondary N) is 2. The number of nitrogens with two attached hydrogens (primary N) is 1. The van der Waals surface area contributed by atoms with Crippen molar-refractivity contribution in [3.8, 4) is 45.5 Å². The minimum Gasteiger partial charge on any atom is -0.438 e. The average molecular weight is 1010 g/mol. The number of rotatable bonds is 13. The highest BCUT2D eigenvalue weighted by Gasteiger charge is 2.27. The Bertz CT molecular complexity index is 3570. The number of nitrogens with zero attached hydrogens (tertiary/aromatic N) is 3. The first-order valence-electron chi connectivity index (χ1n) is 22.1. The molecule has 0 aliphatic heterocycles. The van der Waals surface area contributed by atoms with Crippen LogP contribution in [0.15, 0.2) is 168 Å². The van der Waals surface area contributed by atoms with Crippen molar-refractivity contribution in [2.24, 2.45) is 0 Å². The van der Waals surface area contributed by atoms with Gasteiger partial charge < -0.3 is 15.2 Å². The molecule has 16 nitrogen and oxygen atoms in total. The molecule has 0 spiro atoms. The van der Waals surface area contributed by atoms with Gasteiger partial charge in [-0.3, -0.25) is 19.7 Å². The molecule has 2 amide bonds. The standard InChI is InChI=1S/C27H23N3O6S.C27H25N3O4S/c1-17-12-18(2)25(19(3)13-17)36-27-24(14-21(16-28-27)20-8-5-4-6-9-20)26(31)29-37(34,35)23-11-7-10-22(15-23)30(32)33;1-17-12-18(2)25(19(3)13-17)34-27-24(14-21(16-29-27)20-8-5-4-6-9-20)26(31)30-35(32,33)23-11-7-10-22(28)15-23/h4-16H,1-3H3,(H,29,31);4-16H,28H2,1-3H3,(H,30,31). The van der Waals surface area contributed by atoms with Crippen molar-refractivity contribution < 1.29 is 40.8 Å². The highest BCUT2D eigenvalue weighted by atomic mass is 32.2. The number of nitro benzene ring substituents is 1. The molecule has 72 heavy (non-hydrogen) atoms. The number of anilines is 1. The number of ether oxygens (including phenoxy) is 2. The van der Waals surface area contributed by atoms with Crippen molar-refractivity contribution in [1.29, 1.82) is 0 Å². The van der Waals surface area contributed by atoms with E-state index in [0.29, 0.717) is 22.6 Å². The highest BCUT2D eigenvalue weighted by Crippen LogP contribution is 2.35. The Labute approximate surface area is 416 Å². The van der Waals surface area contributed by atoms with Crippen LogP contribution in [0.3, 0.4) is 0 Å². The van der Waals surface area contributed by atoms with Gasteiger partial charge in [0.2, 0.25) is 11.8 Å². The van der Waals surface area contributed by atoms with E-state index in [-0.39, 0.29) is 33.5 Å². The largest absolute Gasteiger partial charge is 0.438 e. The molecule has 4 N–H and O–H groups in total. The van der Waals surface area contributed by atoms with Gasteiger partial charge in [0.25, 0.3) is 37.5 Å². The summed E-state index contributed by atoms with van der Waals surface area (Å²) in [6.45, 7) is 11.5. The summed E-state index contributed by atoms with van der Waals surface area (Å²) >= 11 is 0. The van der Waals surface area contributed by atoms with Gasteiger partial charge >= 0.3 is 0 Å². The van der Waals surface area contributed by atoms with E-state index in [1.165, 1.54) is 36.5 Å². The van der Waals surface area contributed by atoms with Gasteiger partial charge in [0.15, 0.2) is 0 Å². The Morgan fingerprint density at radius 3 is 1.29 bits per heavy atom. The summed E-state index contributed by atoms with van der Waals surface area (Å²) in [5, 5.41) is 11.1. The molecule has 2 heterocycles. The van der Waals surface area contributed by atoms with Crippen LogP contribution in [0, 0.1) is 51.7 Å². The van der Waals surface area contributed by atoms with E-state index in [1.807, 2.05) is 131 Å². The summed E-state index contributed by atoms with van der Waals surface area (Å²) in [5.41, 5.74) is 13.7. The molecule has 0 bridgehead atoms. The fourth-order valence-corrected chi connectivity index (χ4v) is 9.76. The molecule has 0 aliphatic carbocycles. The van der Waals surface area contributed by atoms with Crippen molar-refractivity contribution in [2.45, 2.75) is 51.3 Å². The fraction of sp³-hybridized carbons (Fsp3) is 0.111. The van der Waals surface area contributed by atoms with Crippen LogP contribution in [-0.2, 0) is 20.0 Å². The first kappa shape index (κ1) is 51.1. The third kappa shape index (κ3) is 12.2. The van der Waals surface area contributed by atoms with Gasteiger partial charge in [-0.1, -0.05) is 108 Å². The second-order valence-electron chi connectivity index (χ2n) is 16.7. The molecule has 0 radical (unpaired) electrons. The molecule has 0 fully saturated rings. The smallest absolute Gasteiger partial charge is 0.270 e. The number of carbonyl (C=O) groups is 2. The molecule has 8 aromatic rings. The van der Waals surface area contributed by atoms with Crippen molar-refractivity contribution in [1.82, 2.24) is 19.4 Å². The van der Waals surface area contributed by atoms with Crippen LogP contribution in [-0.4, -0.2) is 43.5 Å². The fourth-order valence-electron chi connectivity index (χ4n) is 7.74. The molecular weight excluding hydrogens is 957 g/mol. The van der Waals surface area contributed by atoms with Gasteiger partial charge in [0.1, 0.15) is 22.6 Å². The number of nitrogen functional groups attached to an aromatic ring is 1. The summed E-state index contributed by atoms with van der Waals surface area (Å²) in [4.78, 5) is 45.2. The van der Waals surface area contributed by atoms with Gasteiger partial charge in [0.05, 0.1) is 14.7 Å². The minimum absolute atomic E-state index is 0.00000903. The van der Waals surface area contributed by atoms with Gasteiger partial charge in [0, 0.05) is 41.3 Å². The lowest BCUT2D eigenvalue weighted by Gasteiger charge is -2.16. The maximum absolute atomic E-state index is 13.3. The van der Waals surface area contributed by atoms with Crippen molar-refractivity contribution in [2.75, 3.05) is 5.73 Å². The number of amides is 2. The molecule has 0 unspecified atom stereocenters. The van der Waals surface area contributed by atoms with E-state index in [9.17, 15) is 36.5 Å². The van der Waals surface area contributed by atoms with Crippen LogP contribution in [0.2, 0.25) is 0 Å². The van der Waals surface area contributed by atoms with E-state index in [4.69, 9.17) is 15.2 Å². The highest BCUT2D eigenvalue weighted by molar-refractivity contribution is 7.90. The number of benzene rings is 6. The second-order valence-corrected chi connectivity index (χ2v) is 20.1. The van der Waals surface area contributed by atoms with E-state index >= 15 is 0 Å². The molecule has 0 saturated heterocycles. The Hall–Kier alpha value is -8.74. The zero-order chi connectivity index (χ0) is 51.9. The number of hydrogen-bond acceptors (Lipinski definition) is 13. The van der Waals surface area contributed by atoms with Crippen LogP contribution < -0.4 is 24.7 Å². The van der Waals surface area contributed by atoms with Gasteiger partial charge in [-0.05, 0) is 111 Å². The molecule has 0 atom stereocenters. The predicted octanol–water partition coefficient (Wildman–Crippen LogP) is 10.7. The van der Waals surface area contributed by atoms with Crippen LogP contribution >= 0.6 is 0 Å². The first-order chi connectivity index (χ1) is 34.2. The maximum atomic E-state index is 13.3. The lowest BCUT2D eigenvalue weighted by Crippen LogP contribution is -2.31. The van der Waals surface area contributed by atoms with E-state index in [0.717, 1.165) is 62.7 Å². The van der Waals surface area contributed by atoms with Crippen LogP contribution in [0.4, 0.5) is 11.4 Å². The third-order valence-corrected chi connectivity index (χ3v) is 13.6. The van der Waals surface area contributed by atoms with E-state index in [2.05, 4.69) is 14.7 Å². The summed E-state index contributed by atoms with van der Waals surface area (Å²) < 4.78 is 67.9. The average Bonchev–Trinajstić information content (AvgIpc) is 3.34. The van der Waals surface area contributed by atoms with Gasteiger partial charge in [-0.15, -0.1) is 0 Å². The third-order valence-electron chi connectivity index (χ3n) is 11.0. The lowest BCUT2D eigenvalue weighted by molar-refractivity contribution is -0.385. The van der Waals surface area contributed by atoms with Crippen LogP contribution in [0.1, 0.15) is 54.1 Å². The number of carbonyl (C=O) groups excluding carboxylic acids is 2. The number of non-ortho nitro benzene ring substituents is 1. The maximum Gasteiger partial charge on any atom is 0.270 e. The van der Waals surface area contributed by atoms with E-state index < -0.39 is 47.4 Å². The number of aryl methyl sites for hydroxylation is 6. The Morgan fingerprint density at radius 1 is 0.514 bits per heavy atom. The summed E-state index contributed by atoms with van der Waals surface area (Å²) in [7, 11) is -8.62. The molecule has 0 aliphatic rings. The SMILES string of the molecule is Cc1cc(C)c(Oc2ncc(-c3ccccc3)cc2C(=O)NS(=O)(=O)c2cccc(N)c2)c(C)c1.Cc1cc(C)c(Oc2ncc(-c3ccccc3)cc2C(=O)NS(=O)(=O)c2cccc([N+](=O)[O-])c2)c(C)c1. The normalized spacial score (nSPS) is 11.1. The quantitative estimate of drug-likeness (QED) is 0.0554. The number of hydrogen-bond donors (Lipinski definition) is 3.